The van der Waals surface area contributed by atoms with Crippen molar-refractivity contribution in [2.75, 3.05) is 12.8 Å². The third-order valence-electron chi connectivity index (χ3n) is 1.85. The van der Waals surface area contributed by atoms with Gasteiger partial charge in [-0.15, -0.1) is 0 Å². The lowest BCUT2D eigenvalue weighted by Gasteiger charge is -2.06. The van der Waals surface area contributed by atoms with Crippen LogP contribution in [0, 0.1) is 0 Å². The number of benzene rings is 1. The average molecular weight is 197 g/mol. The van der Waals surface area contributed by atoms with Crippen molar-refractivity contribution in [3.63, 3.8) is 0 Å². The number of rotatable bonds is 4. The summed E-state index contributed by atoms with van der Waals surface area (Å²) in [5, 5.41) is 3.23. The second-order valence-corrected chi connectivity index (χ2v) is 4.19. The lowest BCUT2D eigenvalue weighted by atomic mass is 10.2. The van der Waals surface area contributed by atoms with Gasteiger partial charge in [0.25, 0.3) is 0 Å². The molecule has 3 heteroatoms. The number of hydrogen-bond acceptors (Lipinski definition) is 2. The third kappa shape index (κ3) is 2.94. The molecular formula is C10H15NOS. The molecule has 1 unspecified atom stereocenters. The van der Waals surface area contributed by atoms with E-state index in [1.165, 1.54) is 0 Å². The van der Waals surface area contributed by atoms with Crippen molar-refractivity contribution >= 4 is 10.8 Å². The minimum Gasteiger partial charge on any atom is -0.313 e. The number of nitrogens with one attached hydrogen (secondary N) is 1. The van der Waals surface area contributed by atoms with Crippen molar-refractivity contribution in [3.05, 3.63) is 29.8 Å². The first-order valence-corrected chi connectivity index (χ1v) is 5.93. The Balaban J connectivity index is 2.84. The molecule has 0 aliphatic rings. The summed E-state index contributed by atoms with van der Waals surface area (Å²) in [6.07, 6.45) is 1.71. The van der Waals surface area contributed by atoms with Crippen LogP contribution in [0.5, 0.6) is 0 Å². The van der Waals surface area contributed by atoms with E-state index in [1.54, 1.807) is 6.26 Å². The zero-order valence-electron chi connectivity index (χ0n) is 8.04. The summed E-state index contributed by atoms with van der Waals surface area (Å²) in [6.45, 7) is 3.79. The Bertz CT molecular complexity index is 299. The Hall–Kier alpha value is -0.670. The Kier molecular flexibility index (Phi) is 4.12. The summed E-state index contributed by atoms with van der Waals surface area (Å²) in [7, 11) is -0.884. The highest BCUT2D eigenvalue weighted by Crippen LogP contribution is 2.11. The Morgan fingerprint density at radius 2 is 2.08 bits per heavy atom. The molecule has 0 heterocycles. The van der Waals surface area contributed by atoms with Gasteiger partial charge in [0.05, 0.1) is 10.8 Å². The van der Waals surface area contributed by atoms with E-state index in [2.05, 4.69) is 12.2 Å². The van der Waals surface area contributed by atoms with E-state index in [0.29, 0.717) is 0 Å². The van der Waals surface area contributed by atoms with Crippen LogP contribution in [0.1, 0.15) is 12.5 Å². The largest absolute Gasteiger partial charge is 0.313 e. The van der Waals surface area contributed by atoms with Crippen LogP contribution >= 0.6 is 0 Å². The van der Waals surface area contributed by atoms with Crippen molar-refractivity contribution in [1.29, 1.82) is 0 Å². The predicted octanol–water partition coefficient (Wildman–Crippen LogP) is 1.53. The van der Waals surface area contributed by atoms with E-state index >= 15 is 0 Å². The molecule has 0 fully saturated rings. The molecule has 0 aliphatic carbocycles. The van der Waals surface area contributed by atoms with Crippen LogP contribution in [0.15, 0.2) is 29.2 Å². The van der Waals surface area contributed by atoms with Crippen LogP contribution < -0.4 is 5.32 Å². The van der Waals surface area contributed by atoms with E-state index in [1.807, 2.05) is 24.3 Å². The van der Waals surface area contributed by atoms with Crippen molar-refractivity contribution in [3.8, 4) is 0 Å². The maximum absolute atomic E-state index is 11.3. The van der Waals surface area contributed by atoms with E-state index in [4.69, 9.17) is 0 Å². The van der Waals surface area contributed by atoms with E-state index in [9.17, 15) is 4.21 Å². The lowest BCUT2D eigenvalue weighted by Crippen LogP contribution is -2.13. The molecule has 2 nitrogen and oxygen atoms in total. The van der Waals surface area contributed by atoms with Crippen molar-refractivity contribution in [1.82, 2.24) is 5.32 Å². The van der Waals surface area contributed by atoms with Crippen LogP contribution in [0.2, 0.25) is 0 Å². The highest BCUT2D eigenvalue weighted by molar-refractivity contribution is 7.84. The smallest absolute Gasteiger partial charge is 0.0501 e. The van der Waals surface area contributed by atoms with Gasteiger partial charge in [-0.1, -0.05) is 25.1 Å². The van der Waals surface area contributed by atoms with Gasteiger partial charge in [-0.05, 0) is 18.2 Å². The SMILES string of the molecule is CCNCc1ccccc1S(C)=O. The maximum Gasteiger partial charge on any atom is 0.0501 e. The molecule has 0 saturated heterocycles. The van der Waals surface area contributed by atoms with Gasteiger partial charge >= 0.3 is 0 Å². The zero-order chi connectivity index (χ0) is 9.68. The summed E-state index contributed by atoms with van der Waals surface area (Å²) in [5.41, 5.74) is 1.13. The molecule has 1 atom stereocenters. The summed E-state index contributed by atoms with van der Waals surface area (Å²) in [5.74, 6) is 0. The van der Waals surface area contributed by atoms with Crippen LogP contribution in [-0.2, 0) is 17.3 Å². The monoisotopic (exact) mass is 197 g/mol. The molecule has 0 bridgehead atoms. The minimum atomic E-state index is -0.884. The van der Waals surface area contributed by atoms with E-state index in [0.717, 1.165) is 23.5 Å². The quantitative estimate of drug-likeness (QED) is 0.793. The molecule has 13 heavy (non-hydrogen) atoms. The maximum atomic E-state index is 11.3. The zero-order valence-corrected chi connectivity index (χ0v) is 8.86. The van der Waals surface area contributed by atoms with Crippen molar-refractivity contribution < 1.29 is 4.21 Å². The molecule has 0 aromatic heterocycles. The van der Waals surface area contributed by atoms with Gasteiger partial charge < -0.3 is 5.32 Å². The first-order chi connectivity index (χ1) is 6.25. The fraction of sp³-hybridized carbons (Fsp3) is 0.400. The lowest BCUT2D eigenvalue weighted by molar-refractivity contribution is 0.681. The van der Waals surface area contributed by atoms with Gasteiger partial charge in [0, 0.05) is 17.7 Å². The molecular weight excluding hydrogens is 182 g/mol. The van der Waals surface area contributed by atoms with E-state index < -0.39 is 10.8 Å². The van der Waals surface area contributed by atoms with Gasteiger partial charge in [0.15, 0.2) is 0 Å². The third-order valence-corrected chi connectivity index (χ3v) is 2.87. The standard InChI is InChI=1S/C10H15NOS/c1-3-11-8-9-6-4-5-7-10(9)13(2)12/h4-7,11H,3,8H2,1-2H3. The molecule has 1 aromatic carbocycles. The molecule has 72 valence electrons. The van der Waals surface area contributed by atoms with Crippen LogP contribution in [-0.4, -0.2) is 17.0 Å². The molecule has 0 radical (unpaired) electrons. The minimum absolute atomic E-state index is 0.798. The van der Waals surface area contributed by atoms with Gasteiger partial charge in [-0.2, -0.15) is 0 Å². The van der Waals surface area contributed by atoms with Gasteiger partial charge in [-0.25, -0.2) is 0 Å². The molecule has 0 spiro atoms. The van der Waals surface area contributed by atoms with Crippen LogP contribution in [0.25, 0.3) is 0 Å². The van der Waals surface area contributed by atoms with Crippen molar-refractivity contribution in [2.24, 2.45) is 0 Å². The van der Waals surface area contributed by atoms with E-state index in [-0.39, 0.29) is 0 Å². The molecule has 0 aliphatic heterocycles. The molecule has 1 rings (SSSR count). The summed E-state index contributed by atoms with van der Waals surface area (Å²) in [6, 6.07) is 7.83. The van der Waals surface area contributed by atoms with Crippen molar-refractivity contribution in [2.45, 2.75) is 18.4 Å². The first-order valence-electron chi connectivity index (χ1n) is 4.37. The van der Waals surface area contributed by atoms with Gasteiger partial charge in [0.1, 0.15) is 0 Å². The molecule has 0 amide bonds. The van der Waals surface area contributed by atoms with Gasteiger partial charge in [0.2, 0.25) is 0 Å². The number of hydrogen-bond donors (Lipinski definition) is 1. The first kappa shape index (κ1) is 10.4. The second-order valence-electron chi connectivity index (χ2n) is 2.84. The molecule has 0 saturated carbocycles. The second kappa shape index (κ2) is 5.14. The summed E-state index contributed by atoms with van der Waals surface area (Å²) in [4.78, 5) is 0.934. The Morgan fingerprint density at radius 3 is 2.69 bits per heavy atom. The normalized spacial score (nSPS) is 12.8. The predicted molar refractivity (Wildman–Crippen MR) is 56.2 cm³/mol. The highest BCUT2D eigenvalue weighted by atomic mass is 32.2. The summed E-state index contributed by atoms with van der Waals surface area (Å²) < 4.78 is 11.3. The average Bonchev–Trinajstić information content (AvgIpc) is 2.15. The Labute approximate surface area is 81.8 Å². The summed E-state index contributed by atoms with van der Waals surface area (Å²) >= 11 is 0. The Morgan fingerprint density at radius 1 is 1.38 bits per heavy atom. The molecule has 1 aromatic rings. The fourth-order valence-corrected chi connectivity index (χ4v) is 1.97. The van der Waals surface area contributed by atoms with Crippen LogP contribution in [0.4, 0.5) is 0 Å². The van der Waals surface area contributed by atoms with Gasteiger partial charge in [-0.3, -0.25) is 4.21 Å². The van der Waals surface area contributed by atoms with Crippen LogP contribution in [0.3, 0.4) is 0 Å². The highest BCUT2D eigenvalue weighted by Gasteiger charge is 2.03. The topological polar surface area (TPSA) is 29.1 Å². The molecule has 1 N–H and O–H groups in total. The fourth-order valence-electron chi connectivity index (χ4n) is 1.19.